The predicted molar refractivity (Wildman–Crippen MR) is 82.7 cm³/mol. The second kappa shape index (κ2) is 5.97. The number of aryl methyl sites for hydroxylation is 1. The van der Waals surface area contributed by atoms with Gasteiger partial charge in [-0.1, -0.05) is 48.8 Å². The highest BCUT2D eigenvalue weighted by atomic mass is 35.5. The molecule has 1 aromatic carbocycles. The van der Waals surface area contributed by atoms with Gasteiger partial charge in [-0.3, -0.25) is 0 Å². The molecule has 104 valence electrons. The van der Waals surface area contributed by atoms with Gasteiger partial charge in [0, 0.05) is 17.2 Å². The standard InChI is InChI=1S/C14H15ClN4S/c1-2-3-4-13-16-17-14-19(13)18-12(9-20-14)10-5-7-11(15)8-6-10/h5-8H,2-4,9H2,1H3. The van der Waals surface area contributed by atoms with E-state index in [1.54, 1.807) is 11.8 Å². The minimum Gasteiger partial charge on any atom is -0.191 e. The molecule has 2 aromatic rings. The van der Waals surface area contributed by atoms with E-state index in [0.29, 0.717) is 0 Å². The quantitative estimate of drug-likeness (QED) is 0.866. The number of rotatable bonds is 4. The fourth-order valence-electron chi connectivity index (χ4n) is 2.04. The van der Waals surface area contributed by atoms with Gasteiger partial charge in [0.15, 0.2) is 5.82 Å². The van der Waals surface area contributed by atoms with E-state index in [0.717, 1.165) is 52.3 Å². The fraction of sp³-hybridized carbons (Fsp3) is 0.357. The molecule has 0 amide bonds. The number of thioether (sulfide) groups is 1. The largest absolute Gasteiger partial charge is 0.212 e. The van der Waals surface area contributed by atoms with E-state index >= 15 is 0 Å². The molecule has 0 spiro atoms. The Morgan fingerprint density at radius 2 is 2.05 bits per heavy atom. The van der Waals surface area contributed by atoms with Crippen LogP contribution in [0.2, 0.25) is 5.02 Å². The monoisotopic (exact) mass is 306 g/mol. The summed E-state index contributed by atoms with van der Waals surface area (Å²) in [7, 11) is 0. The molecule has 0 fully saturated rings. The highest BCUT2D eigenvalue weighted by Crippen LogP contribution is 2.25. The minimum absolute atomic E-state index is 0.742. The van der Waals surface area contributed by atoms with Crippen molar-refractivity contribution >= 4 is 29.1 Å². The van der Waals surface area contributed by atoms with E-state index in [4.69, 9.17) is 16.7 Å². The Morgan fingerprint density at radius 1 is 1.25 bits per heavy atom. The third kappa shape index (κ3) is 2.74. The van der Waals surface area contributed by atoms with Gasteiger partial charge in [0.1, 0.15) is 0 Å². The van der Waals surface area contributed by atoms with Crippen LogP contribution in [0.5, 0.6) is 0 Å². The summed E-state index contributed by atoms with van der Waals surface area (Å²) >= 11 is 7.60. The van der Waals surface area contributed by atoms with E-state index in [1.807, 2.05) is 28.9 Å². The Kier molecular flexibility index (Phi) is 4.08. The summed E-state index contributed by atoms with van der Waals surface area (Å²) in [5.74, 6) is 1.76. The molecule has 0 aliphatic carbocycles. The van der Waals surface area contributed by atoms with E-state index < -0.39 is 0 Å². The molecule has 0 unspecified atom stereocenters. The number of aromatic nitrogens is 3. The fourth-order valence-corrected chi connectivity index (χ4v) is 3.03. The van der Waals surface area contributed by atoms with Crippen LogP contribution in [0, 0.1) is 0 Å². The van der Waals surface area contributed by atoms with Crippen molar-refractivity contribution in [3.05, 3.63) is 40.7 Å². The normalized spacial score (nSPS) is 14.0. The first-order valence-corrected chi connectivity index (χ1v) is 8.05. The Labute approximate surface area is 127 Å². The summed E-state index contributed by atoms with van der Waals surface area (Å²) in [6.45, 7) is 2.17. The molecule has 3 rings (SSSR count). The van der Waals surface area contributed by atoms with Gasteiger partial charge < -0.3 is 0 Å². The first-order chi connectivity index (χ1) is 9.78. The van der Waals surface area contributed by atoms with E-state index in [2.05, 4.69) is 17.1 Å². The van der Waals surface area contributed by atoms with Crippen molar-refractivity contribution in [2.45, 2.75) is 31.3 Å². The lowest BCUT2D eigenvalue weighted by Crippen LogP contribution is -2.14. The maximum atomic E-state index is 5.93. The van der Waals surface area contributed by atoms with Gasteiger partial charge >= 0.3 is 0 Å². The molecule has 0 saturated carbocycles. The van der Waals surface area contributed by atoms with Crippen molar-refractivity contribution in [1.82, 2.24) is 14.9 Å². The van der Waals surface area contributed by atoms with E-state index in [9.17, 15) is 0 Å². The molecular formula is C14H15ClN4S. The Morgan fingerprint density at radius 3 is 2.80 bits per heavy atom. The second-order valence-electron chi connectivity index (χ2n) is 4.66. The number of nitrogens with zero attached hydrogens (tertiary/aromatic N) is 4. The van der Waals surface area contributed by atoms with Gasteiger partial charge in [0.05, 0.1) is 5.71 Å². The maximum Gasteiger partial charge on any atom is 0.212 e. The summed E-state index contributed by atoms with van der Waals surface area (Å²) < 4.78 is 1.88. The zero-order chi connectivity index (χ0) is 13.9. The van der Waals surface area contributed by atoms with Gasteiger partial charge in [-0.05, 0) is 24.1 Å². The van der Waals surface area contributed by atoms with Crippen LogP contribution in [0.15, 0.2) is 34.5 Å². The lowest BCUT2D eigenvalue weighted by molar-refractivity contribution is 0.671. The SMILES string of the molecule is CCCCc1nnc2n1N=C(c1ccc(Cl)cc1)CS2. The van der Waals surface area contributed by atoms with Crippen LogP contribution >= 0.6 is 23.4 Å². The smallest absolute Gasteiger partial charge is 0.191 e. The van der Waals surface area contributed by atoms with Crippen LogP contribution in [-0.4, -0.2) is 26.3 Å². The van der Waals surface area contributed by atoms with Gasteiger partial charge in [0.2, 0.25) is 5.16 Å². The van der Waals surface area contributed by atoms with Crippen LogP contribution in [0.25, 0.3) is 0 Å². The van der Waals surface area contributed by atoms with Crippen molar-refractivity contribution < 1.29 is 0 Å². The van der Waals surface area contributed by atoms with E-state index in [-0.39, 0.29) is 0 Å². The number of unbranched alkanes of at least 4 members (excludes halogenated alkanes) is 1. The maximum absolute atomic E-state index is 5.93. The van der Waals surface area contributed by atoms with Crippen molar-refractivity contribution in [3.63, 3.8) is 0 Å². The minimum atomic E-state index is 0.742. The Hall–Kier alpha value is -1.33. The van der Waals surface area contributed by atoms with Gasteiger partial charge in [0.25, 0.3) is 0 Å². The number of benzene rings is 1. The van der Waals surface area contributed by atoms with Crippen LogP contribution < -0.4 is 0 Å². The summed E-state index contributed by atoms with van der Waals surface area (Å²) in [5.41, 5.74) is 2.14. The average molecular weight is 307 g/mol. The van der Waals surface area contributed by atoms with Crippen molar-refractivity contribution in [3.8, 4) is 0 Å². The van der Waals surface area contributed by atoms with E-state index in [1.165, 1.54) is 0 Å². The van der Waals surface area contributed by atoms with Gasteiger partial charge in [-0.2, -0.15) is 9.78 Å². The summed E-state index contributed by atoms with van der Waals surface area (Å²) in [4.78, 5) is 0. The Bertz CT molecular complexity index is 633. The third-order valence-electron chi connectivity index (χ3n) is 3.17. The molecule has 2 heterocycles. The molecular weight excluding hydrogens is 292 g/mol. The van der Waals surface area contributed by atoms with Gasteiger partial charge in [-0.15, -0.1) is 10.2 Å². The molecule has 0 bridgehead atoms. The second-order valence-corrected chi connectivity index (χ2v) is 6.04. The zero-order valence-corrected chi connectivity index (χ0v) is 12.8. The van der Waals surface area contributed by atoms with Crippen LogP contribution in [0.1, 0.15) is 31.2 Å². The molecule has 0 atom stereocenters. The molecule has 6 heteroatoms. The summed E-state index contributed by atoms with van der Waals surface area (Å²) in [5, 5.41) is 14.8. The first-order valence-electron chi connectivity index (χ1n) is 6.69. The van der Waals surface area contributed by atoms with Crippen LogP contribution in [0.4, 0.5) is 0 Å². The molecule has 4 nitrogen and oxygen atoms in total. The molecule has 0 N–H and O–H groups in total. The van der Waals surface area contributed by atoms with Crippen molar-refractivity contribution in [2.75, 3.05) is 5.75 Å². The molecule has 1 aliphatic heterocycles. The van der Waals surface area contributed by atoms with Gasteiger partial charge in [-0.25, -0.2) is 0 Å². The molecule has 1 aromatic heterocycles. The molecule has 20 heavy (non-hydrogen) atoms. The molecule has 0 saturated heterocycles. The third-order valence-corrected chi connectivity index (χ3v) is 4.35. The number of hydrogen-bond acceptors (Lipinski definition) is 4. The lowest BCUT2D eigenvalue weighted by Gasteiger charge is -2.13. The average Bonchev–Trinajstić information content (AvgIpc) is 2.88. The molecule has 0 radical (unpaired) electrons. The molecule has 1 aliphatic rings. The highest BCUT2D eigenvalue weighted by molar-refractivity contribution is 7.99. The topological polar surface area (TPSA) is 43.1 Å². The van der Waals surface area contributed by atoms with Crippen LogP contribution in [-0.2, 0) is 6.42 Å². The summed E-state index contributed by atoms with van der Waals surface area (Å²) in [6, 6.07) is 7.79. The number of hydrogen-bond donors (Lipinski definition) is 0. The summed E-state index contributed by atoms with van der Waals surface area (Å²) in [6.07, 6.45) is 3.17. The Balaban J connectivity index is 1.92. The highest BCUT2D eigenvalue weighted by Gasteiger charge is 2.19. The predicted octanol–water partition coefficient (Wildman–Crippen LogP) is 3.63. The number of halogens is 1. The zero-order valence-electron chi connectivity index (χ0n) is 11.2. The van der Waals surface area contributed by atoms with Crippen molar-refractivity contribution in [2.24, 2.45) is 5.10 Å². The first kappa shape index (κ1) is 13.6. The lowest BCUT2D eigenvalue weighted by atomic mass is 10.1. The van der Waals surface area contributed by atoms with Crippen molar-refractivity contribution in [1.29, 1.82) is 0 Å². The van der Waals surface area contributed by atoms with Crippen LogP contribution in [0.3, 0.4) is 0 Å². The number of fused-ring (bicyclic) bond motifs is 1.